The van der Waals surface area contributed by atoms with E-state index in [9.17, 15) is 14.4 Å². The number of anilines is 2. The number of nitrogen functional groups attached to an aromatic ring is 1. The highest BCUT2D eigenvalue weighted by atomic mass is 32.1. The molecule has 8 heteroatoms. The zero-order valence-electron chi connectivity index (χ0n) is 17.6. The van der Waals surface area contributed by atoms with Gasteiger partial charge in [0.15, 0.2) is 5.69 Å². The number of hydrogen-bond donors (Lipinski definition) is 2. The second-order valence-corrected chi connectivity index (χ2v) is 9.71. The number of nitrogens with one attached hydrogen (secondary N) is 1. The summed E-state index contributed by atoms with van der Waals surface area (Å²) in [6.07, 6.45) is 4.27. The van der Waals surface area contributed by atoms with Gasteiger partial charge in [-0.2, -0.15) is 0 Å². The van der Waals surface area contributed by atoms with E-state index >= 15 is 0 Å². The van der Waals surface area contributed by atoms with Gasteiger partial charge in [-0.05, 0) is 49.1 Å². The van der Waals surface area contributed by atoms with Crippen LogP contribution in [-0.2, 0) is 19.4 Å². The maximum Gasteiger partial charge on any atom is 0.330 e. The van der Waals surface area contributed by atoms with Crippen molar-refractivity contribution in [3.8, 4) is 0 Å². The molecular formula is C21H30N4O3S. The van der Waals surface area contributed by atoms with Crippen LogP contribution in [0.3, 0.4) is 0 Å². The molecule has 1 aliphatic rings. The molecule has 0 aliphatic heterocycles. The maximum atomic E-state index is 13.5. The van der Waals surface area contributed by atoms with Gasteiger partial charge >= 0.3 is 5.69 Å². The molecule has 3 rings (SSSR count). The van der Waals surface area contributed by atoms with Crippen molar-refractivity contribution in [1.29, 1.82) is 0 Å². The molecule has 2 aromatic rings. The molecule has 0 saturated carbocycles. The third kappa shape index (κ3) is 4.47. The van der Waals surface area contributed by atoms with Crippen LogP contribution >= 0.6 is 11.3 Å². The molecule has 1 amide bonds. The molecule has 0 radical (unpaired) electrons. The predicted molar refractivity (Wildman–Crippen MR) is 118 cm³/mol. The first-order valence-corrected chi connectivity index (χ1v) is 11.1. The summed E-state index contributed by atoms with van der Waals surface area (Å²) in [4.78, 5) is 44.1. The lowest BCUT2D eigenvalue weighted by molar-refractivity contribution is 0.0987. The molecule has 0 spiro atoms. The number of carbonyl (C=O) groups excluding carboxylic acids is 1. The molecular weight excluding hydrogens is 388 g/mol. The summed E-state index contributed by atoms with van der Waals surface area (Å²) in [5.41, 5.74) is 6.41. The summed E-state index contributed by atoms with van der Waals surface area (Å²) in [5.74, 6) is 0.0950. The number of nitrogens with two attached hydrogens (primary N) is 1. The molecule has 29 heavy (non-hydrogen) atoms. The van der Waals surface area contributed by atoms with E-state index in [1.807, 2.05) is 33.8 Å². The molecule has 0 fully saturated rings. The smallest absolute Gasteiger partial charge is 0.330 e. The lowest BCUT2D eigenvalue weighted by Crippen LogP contribution is -2.42. The third-order valence-corrected chi connectivity index (χ3v) is 6.26. The number of aromatic amines is 1. The first-order chi connectivity index (χ1) is 13.7. The number of fused-ring (bicyclic) bond motifs is 1. The molecule has 158 valence electrons. The molecule has 2 aromatic heterocycles. The monoisotopic (exact) mass is 418 g/mol. The Morgan fingerprint density at radius 3 is 2.52 bits per heavy atom. The van der Waals surface area contributed by atoms with Gasteiger partial charge in [0.1, 0.15) is 5.82 Å². The van der Waals surface area contributed by atoms with Gasteiger partial charge in [0.2, 0.25) is 0 Å². The fourth-order valence-electron chi connectivity index (χ4n) is 3.75. The highest BCUT2D eigenvalue weighted by Gasteiger charge is 2.28. The summed E-state index contributed by atoms with van der Waals surface area (Å²) in [7, 11) is 0. The Labute approximate surface area is 174 Å². The number of hydrogen-bond acceptors (Lipinski definition) is 5. The Bertz CT molecular complexity index is 992. The summed E-state index contributed by atoms with van der Waals surface area (Å²) >= 11 is 1.51. The quantitative estimate of drug-likeness (QED) is 0.753. The van der Waals surface area contributed by atoms with Gasteiger partial charge < -0.3 is 5.73 Å². The molecule has 3 N–H and O–H groups in total. The normalized spacial score (nSPS) is 13.7. The number of amides is 1. The van der Waals surface area contributed by atoms with Crippen LogP contribution < -0.4 is 21.9 Å². The van der Waals surface area contributed by atoms with Crippen LogP contribution in [0.4, 0.5) is 11.5 Å². The van der Waals surface area contributed by atoms with Crippen molar-refractivity contribution in [1.82, 2.24) is 9.55 Å². The Hall–Kier alpha value is -2.35. The Balaban J connectivity index is 2.09. The van der Waals surface area contributed by atoms with Crippen molar-refractivity contribution in [2.75, 3.05) is 17.2 Å². The van der Waals surface area contributed by atoms with E-state index in [0.717, 1.165) is 25.7 Å². The van der Waals surface area contributed by atoms with Crippen LogP contribution in [0.5, 0.6) is 0 Å². The maximum absolute atomic E-state index is 13.5. The van der Waals surface area contributed by atoms with Crippen molar-refractivity contribution in [3.05, 3.63) is 42.2 Å². The number of nitrogens with zero attached hydrogens (tertiary/aromatic N) is 2. The average molecular weight is 419 g/mol. The van der Waals surface area contributed by atoms with Crippen molar-refractivity contribution < 1.29 is 4.79 Å². The van der Waals surface area contributed by atoms with E-state index in [1.165, 1.54) is 31.2 Å². The third-order valence-electron chi connectivity index (χ3n) is 5.03. The van der Waals surface area contributed by atoms with E-state index in [1.54, 1.807) is 0 Å². The summed E-state index contributed by atoms with van der Waals surface area (Å²) in [6, 6.07) is 1.96. The minimum absolute atomic E-state index is 0.0442. The number of carbonyl (C=O) groups is 1. The molecule has 1 aliphatic carbocycles. The number of H-pyrrole nitrogens is 1. The van der Waals surface area contributed by atoms with Crippen molar-refractivity contribution >= 4 is 28.7 Å². The highest BCUT2D eigenvalue weighted by molar-refractivity contribution is 7.14. The summed E-state index contributed by atoms with van der Waals surface area (Å²) < 4.78 is 1.35. The Morgan fingerprint density at radius 2 is 1.90 bits per heavy atom. The van der Waals surface area contributed by atoms with Crippen molar-refractivity contribution in [2.24, 2.45) is 11.8 Å². The zero-order chi connectivity index (χ0) is 21.3. The van der Waals surface area contributed by atoms with Crippen LogP contribution in [0.2, 0.25) is 0 Å². The van der Waals surface area contributed by atoms with Gasteiger partial charge in [0.25, 0.3) is 11.5 Å². The molecule has 0 saturated heterocycles. The van der Waals surface area contributed by atoms with Gasteiger partial charge in [-0.25, -0.2) is 4.79 Å². The molecule has 0 bridgehead atoms. The molecule has 0 unspecified atom stereocenters. The van der Waals surface area contributed by atoms with E-state index in [0.29, 0.717) is 18.0 Å². The average Bonchev–Trinajstić information content (AvgIpc) is 3.07. The molecule has 0 aromatic carbocycles. The molecule has 7 nitrogen and oxygen atoms in total. The minimum atomic E-state index is -0.622. The molecule has 2 heterocycles. The second kappa shape index (κ2) is 8.57. The number of aromatic nitrogens is 2. The summed E-state index contributed by atoms with van der Waals surface area (Å²) in [6.45, 7) is 8.59. The van der Waals surface area contributed by atoms with Crippen molar-refractivity contribution in [2.45, 2.75) is 59.9 Å². The Morgan fingerprint density at radius 1 is 1.21 bits per heavy atom. The van der Waals surface area contributed by atoms with Crippen LogP contribution in [0, 0.1) is 11.8 Å². The summed E-state index contributed by atoms with van der Waals surface area (Å²) in [5, 5.41) is 0. The van der Waals surface area contributed by atoms with Crippen LogP contribution in [0.25, 0.3) is 0 Å². The van der Waals surface area contributed by atoms with Gasteiger partial charge in [-0.1, -0.05) is 27.7 Å². The predicted octanol–water partition coefficient (Wildman–Crippen LogP) is 3.02. The standard InChI is InChI=1S/C21H30N4O3S/c1-12(2)10-24(20(27)16-9-14-7-5-6-8-15(14)29-16)17-18(22)25(11-13(3)4)21(28)23-19(17)26/h9,12-13H,5-8,10-11,22H2,1-4H3,(H,23,26,28). The zero-order valence-corrected chi connectivity index (χ0v) is 18.4. The number of aryl methyl sites for hydroxylation is 2. The fourth-order valence-corrected chi connectivity index (χ4v) is 4.96. The highest BCUT2D eigenvalue weighted by Crippen LogP contribution is 2.31. The Kier molecular flexibility index (Phi) is 6.31. The second-order valence-electron chi connectivity index (χ2n) is 8.57. The van der Waals surface area contributed by atoms with Gasteiger partial charge in [0.05, 0.1) is 4.88 Å². The number of rotatable bonds is 6. The first kappa shape index (κ1) is 21.4. The minimum Gasteiger partial charge on any atom is -0.383 e. The molecule has 0 atom stereocenters. The van der Waals surface area contributed by atoms with Crippen LogP contribution in [0.15, 0.2) is 15.7 Å². The SMILES string of the molecule is CC(C)CN(C(=O)c1cc2c(s1)CCCC2)c1c(N)n(CC(C)C)c(=O)[nH]c1=O. The van der Waals surface area contributed by atoms with Gasteiger partial charge in [-0.15, -0.1) is 11.3 Å². The number of thiophene rings is 1. The van der Waals surface area contributed by atoms with Gasteiger partial charge in [-0.3, -0.25) is 24.0 Å². The van der Waals surface area contributed by atoms with Gasteiger partial charge in [0, 0.05) is 18.0 Å². The van der Waals surface area contributed by atoms with E-state index < -0.39 is 11.2 Å². The van der Waals surface area contributed by atoms with Crippen LogP contribution in [0.1, 0.15) is 60.6 Å². The fraction of sp³-hybridized carbons (Fsp3) is 0.571. The van der Waals surface area contributed by atoms with E-state index in [2.05, 4.69) is 4.98 Å². The lowest BCUT2D eigenvalue weighted by Gasteiger charge is -2.26. The van der Waals surface area contributed by atoms with E-state index in [4.69, 9.17) is 5.73 Å². The largest absolute Gasteiger partial charge is 0.383 e. The van der Waals surface area contributed by atoms with Crippen LogP contribution in [-0.4, -0.2) is 22.0 Å². The van der Waals surface area contributed by atoms with E-state index in [-0.39, 0.29) is 29.2 Å². The van der Waals surface area contributed by atoms with Crippen molar-refractivity contribution in [3.63, 3.8) is 0 Å². The topological polar surface area (TPSA) is 101 Å². The lowest BCUT2D eigenvalue weighted by atomic mass is 9.99. The first-order valence-electron chi connectivity index (χ1n) is 10.2.